The average Bonchev–Trinajstić information content (AvgIpc) is 3.28. The third-order valence-electron chi connectivity index (χ3n) is 6.09. The van der Waals surface area contributed by atoms with Gasteiger partial charge in [0.25, 0.3) is 0 Å². The van der Waals surface area contributed by atoms with Crippen LogP contribution in [0.15, 0.2) is 72.9 Å². The molecule has 31 heavy (non-hydrogen) atoms. The molecule has 2 aromatic carbocycles. The minimum atomic E-state index is 0.484. The number of para-hydroxylation sites is 1. The van der Waals surface area contributed by atoms with Gasteiger partial charge in [0.15, 0.2) is 0 Å². The Morgan fingerprint density at radius 1 is 1.03 bits per heavy atom. The molecule has 0 aliphatic carbocycles. The summed E-state index contributed by atoms with van der Waals surface area (Å²) in [5, 5.41) is 0. The minimum absolute atomic E-state index is 0.484. The van der Waals surface area contributed by atoms with Crippen LogP contribution in [0.3, 0.4) is 0 Å². The smallest absolute Gasteiger partial charge is 0.132 e. The number of ether oxygens (including phenoxy) is 1. The first-order valence-electron chi connectivity index (χ1n) is 11.4. The van der Waals surface area contributed by atoms with E-state index in [1.807, 2.05) is 42.6 Å². The maximum Gasteiger partial charge on any atom is 0.132 e. The number of aromatic nitrogens is 1. The average molecular weight is 416 g/mol. The van der Waals surface area contributed by atoms with Crippen LogP contribution in [0.5, 0.6) is 11.5 Å². The Bertz CT molecular complexity index is 973. The van der Waals surface area contributed by atoms with Crippen molar-refractivity contribution in [1.29, 1.82) is 0 Å². The normalized spacial score (nSPS) is 16.3. The molecule has 4 heteroatoms. The summed E-state index contributed by atoms with van der Waals surface area (Å²) in [6, 6.07) is 23.2. The van der Waals surface area contributed by atoms with Crippen molar-refractivity contribution < 1.29 is 4.74 Å². The van der Waals surface area contributed by atoms with Crippen LogP contribution in [0, 0.1) is 0 Å². The second-order valence-corrected chi connectivity index (χ2v) is 8.59. The zero-order valence-corrected chi connectivity index (χ0v) is 18.9. The number of benzene rings is 2. The third-order valence-corrected chi connectivity index (χ3v) is 6.09. The fourth-order valence-corrected chi connectivity index (χ4v) is 4.42. The summed E-state index contributed by atoms with van der Waals surface area (Å²) in [7, 11) is 0. The van der Waals surface area contributed by atoms with Crippen molar-refractivity contribution in [2.75, 3.05) is 24.5 Å². The molecule has 1 aliphatic rings. The molecule has 0 N–H and O–H groups in total. The minimum Gasteiger partial charge on any atom is -0.457 e. The Morgan fingerprint density at radius 2 is 1.84 bits per heavy atom. The van der Waals surface area contributed by atoms with E-state index in [1.54, 1.807) is 0 Å². The van der Waals surface area contributed by atoms with Crippen molar-refractivity contribution in [2.24, 2.45) is 0 Å². The SMILES string of the molecule is CCN(Cc1cccc(Oc2ccccc2)c1)[C@@H]1CCN(c2ncccc2C(C)C)C1. The molecule has 4 rings (SSSR count). The molecule has 0 amide bonds. The summed E-state index contributed by atoms with van der Waals surface area (Å²) in [6.07, 6.45) is 3.09. The summed E-state index contributed by atoms with van der Waals surface area (Å²) in [5.74, 6) is 3.41. The molecule has 0 spiro atoms. The van der Waals surface area contributed by atoms with Crippen LogP contribution >= 0.6 is 0 Å². The second kappa shape index (κ2) is 9.97. The fraction of sp³-hybridized carbons (Fsp3) is 0.370. The Kier molecular flexibility index (Phi) is 6.88. The van der Waals surface area contributed by atoms with Gasteiger partial charge in [-0.2, -0.15) is 0 Å². The van der Waals surface area contributed by atoms with Gasteiger partial charge in [-0.1, -0.05) is 57.2 Å². The largest absolute Gasteiger partial charge is 0.457 e. The predicted molar refractivity (Wildman–Crippen MR) is 128 cm³/mol. The summed E-state index contributed by atoms with van der Waals surface area (Å²) in [6.45, 7) is 10.8. The van der Waals surface area contributed by atoms with Crippen molar-refractivity contribution >= 4 is 5.82 Å². The van der Waals surface area contributed by atoms with Gasteiger partial charge in [0, 0.05) is 31.9 Å². The number of hydrogen-bond donors (Lipinski definition) is 0. The summed E-state index contributed by atoms with van der Waals surface area (Å²) in [4.78, 5) is 9.78. The lowest BCUT2D eigenvalue weighted by Crippen LogP contribution is -2.37. The van der Waals surface area contributed by atoms with Crippen molar-refractivity contribution in [3.8, 4) is 11.5 Å². The molecule has 1 atom stereocenters. The molecule has 1 saturated heterocycles. The summed E-state index contributed by atoms with van der Waals surface area (Å²) in [5.41, 5.74) is 2.63. The topological polar surface area (TPSA) is 28.6 Å². The Balaban J connectivity index is 1.43. The molecule has 2 heterocycles. The zero-order chi connectivity index (χ0) is 21.6. The van der Waals surface area contributed by atoms with Gasteiger partial charge < -0.3 is 9.64 Å². The molecule has 162 valence electrons. The summed E-state index contributed by atoms with van der Waals surface area (Å²) < 4.78 is 6.04. The zero-order valence-electron chi connectivity index (χ0n) is 18.9. The molecule has 0 saturated carbocycles. The maximum atomic E-state index is 6.04. The number of hydrogen-bond acceptors (Lipinski definition) is 4. The van der Waals surface area contributed by atoms with Crippen LogP contribution in [0.1, 0.15) is 44.2 Å². The first kappa shape index (κ1) is 21.4. The van der Waals surface area contributed by atoms with E-state index >= 15 is 0 Å². The van der Waals surface area contributed by atoms with Gasteiger partial charge in [0.1, 0.15) is 17.3 Å². The molecule has 0 unspecified atom stereocenters. The highest BCUT2D eigenvalue weighted by atomic mass is 16.5. The molecule has 1 aliphatic heterocycles. The first-order valence-corrected chi connectivity index (χ1v) is 11.4. The Morgan fingerprint density at radius 3 is 2.61 bits per heavy atom. The maximum absolute atomic E-state index is 6.04. The lowest BCUT2D eigenvalue weighted by molar-refractivity contribution is 0.211. The van der Waals surface area contributed by atoms with Crippen LogP contribution in [0.25, 0.3) is 0 Å². The van der Waals surface area contributed by atoms with Crippen molar-refractivity contribution in [3.63, 3.8) is 0 Å². The number of nitrogens with zero attached hydrogens (tertiary/aromatic N) is 3. The van der Waals surface area contributed by atoms with E-state index in [-0.39, 0.29) is 0 Å². The van der Waals surface area contributed by atoms with E-state index in [1.165, 1.54) is 17.5 Å². The third kappa shape index (κ3) is 5.26. The lowest BCUT2D eigenvalue weighted by atomic mass is 10.0. The molecule has 3 aromatic rings. The molecular formula is C27H33N3O. The highest BCUT2D eigenvalue weighted by Crippen LogP contribution is 2.30. The van der Waals surface area contributed by atoms with Gasteiger partial charge in [0.2, 0.25) is 0 Å². The standard InChI is InChI=1S/C27H33N3O/c1-4-29(19-22-10-8-13-25(18-22)31-24-11-6-5-7-12-24)23-15-17-30(20-23)27-26(21(2)3)14-9-16-28-27/h5-14,16,18,21,23H,4,15,17,19-20H2,1-3H3/t23-/m1/s1. The fourth-order valence-electron chi connectivity index (χ4n) is 4.42. The van der Waals surface area contributed by atoms with Gasteiger partial charge in [0.05, 0.1) is 0 Å². The van der Waals surface area contributed by atoms with Gasteiger partial charge >= 0.3 is 0 Å². The van der Waals surface area contributed by atoms with Gasteiger partial charge in [-0.3, -0.25) is 4.90 Å². The Labute approximate surface area is 186 Å². The first-order chi connectivity index (χ1) is 15.1. The molecule has 0 radical (unpaired) electrons. The summed E-state index contributed by atoms with van der Waals surface area (Å²) >= 11 is 0. The van der Waals surface area contributed by atoms with Crippen LogP contribution in [-0.2, 0) is 6.54 Å². The number of rotatable bonds is 8. The van der Waals surface area contributed by atoms with E-state index in [9.17, 15) is 0 Å². The van der Waals surface area contributed by atoms with Crippen molar-refractivity contribution in [3.05, 3.63) is 84.1 Å². The molecule has 1 aromatic heterocycles. The van der Waals surface area contributed by atoms with Gasteiger partial charge in [-0.05, 0) is 60.3 Å². The molecule has 0 bridgehead atoms. The molecule has 1 fully saturated rings. The second-order valence-electron chi connectivity index (χ2n) is 8.59. The highest BCUT2D eigenvalue weighted by molar-refractivity contribution is 5.49. The van der Waals surface area contributed by atoms with E-state index in [0.29, 0.717) is 12.0 Å². The van der Waals surface area contributed by atoms with E-state index in [2.05, 4.69) is 60.9 Å². The van der Waals surface area contributed by atoms with Crippen LogP contribution in [0.4, 0.5) is 5.82 Å². The Hall–Kier alpha value is -2.85. The number of pyridine rings is 1. The lowest BCUT2D eigenvalue weighted by Gasteiger charge is -2.28. The van der Waals surface area contributed by atoms with E-state index in [0.717, 1.165) is 43.5 Å². The van der Waals surface area contributed by atoms with Crippen molar-refractivity contribution in [2.45, 2.75) is 45.7 Å². The quantitative estimate of drug-likeness (QED) is 0.444. The van der Waals surface area contributed by atoms with Crippen molar-refractivity contribution in [1.82, 2.24) is 9.88 Å². The number of anilines is 1. The molecular weight excluding hydrogens is 382 g/mol. The van der Waals surface area contributed by atoms with Crippen LogP contribution in [-0.4, -0.2) is 35.6 Å². The van der Waals surface area contributed by atoms with E-state index in [4.69, 9.17) is 9.72 Å². The van der Waals surface area contributed by atoms with Crippen LogP contribution in [0.2, 0.25) is 0 Å². The van der Waals surface area contributed by atoms with E-state index < -0.39 is 0 Å². The van der Waals surface area contributed by atoms with Crippen LogP contribution < -0.4 is 9.64 Å². The predicted octanol–water partition coefficient (Wildman–Crippen LogP) is 6.10. The monoisotopic (exact) mass is 415 g/mol. The van der Waals surface area contributed by atoms with Gasteiger partial charge in [-0.25, -0.2) is 4.98 Å². The highest BCUT2D eigenvalue weighted by Gasteiger charge is 2.29. The van der Waals surface area contributed by atoms with Gasteiger partial charge in [-0.15, -0.1) is 0 Å². The molecule has 4 nitrogen and oxygen atoms in total. The number of likely N-dealkylation sites (N-methyl/N-ethyl adjacent to an activating group) is 1.